The first-order valence-corrected chi connectivity index (χ1v) is 5.51. The molecule has 0 bridgehead atoms. The van der Waals surface area contributed by atoms with Crippen LogP contribution in [0.5, 0.6) is 0 Å². The summed E-state index contributed by atoms with van der Waals surface area (Å²) in [6.07, 6.45) is -1.53. The van der Waals surface area contributed by atoms with E-state index in [2.05, 4.69) is 15.9 Å². The molecule has 74 valence electrons. The topological polar surface area (TPSA) is 54.4 Å². The lowest BCUT2D eigenvalue weighted by atomic mass is 10.5. The molecule has 1 unspecified atom stereocenters. The molecule has 0 aromatic carbocycles. The molecular weight excluding hydrogens is 265 g/mol. The minimum atomic E-state index is -5.28. The van der Waals surface area contributed by atoms with Crippen molar-refractivity contribution in [2.45, 2.75) is 11.6 Å². The monoisotopic (exact) mass is 270 g/mol. The maximum absolute atomic E-state index is 11.6. The lowest BCUT2D eigenvalue weighted by molar-refractivity contribution is -0.0442. The second-order valence-electron chi connectivity index (χ2n) is 2.04. The molecule has 0 aliphatic carbocycles. The third-order valence-electron chi connectivity index (χ3n) is 0.943. The summed E-state index contributed by atoms with van der Waals surface area (Å²) in [4.78, 5) is 0. The van der Waals surface area contributed by atoms with Gasteiger partial charge in [-0.05, 0) is 0 Å². The van der Waals surface area contributed by atoms with E-state index in [1.54, 1.807) is 0 Å². The van der Waals surface area contributed by atoms with Crippen LogP contribution in [0.25, 0.3) is 0 Å². The molecule has 8 heteroatoms. The predicted octanol–water partition coefficient (Wildman–Crippen LogP) is 0.677. The molecule has 1 atom stereocenters. The maximum Gasteiger partial charge on any atom is 0.497 e. The summed E-state index contributed by atoms with van der Waals surface area (Å²) in [5.41, 5.74) is -5.28. The van der Waals surface area contributed by atoms with Crippen LogP contribution in [0, 0.1) is 0 Å². The number of hydrogen-bond donors (Lipinski definition) is 1. The number of sulfone groups is 1. The molecule has 0 aliphatic heterocycles. The number of hydrogen-bond acceptors (Lipinski definition) is 3. The summed E-state index contributed by atoms with van der Waals surface area (Å²) in [7, 11) is -5.19. The van der Waals surface area contributed by atoms with Crippen molar-refractivity contribution in [3.8, 4) is 0 Å². The van der Waals surface area contributed by atoms with E-state index in [0.717, 1.165) is 0 Å². The first kappa shape index (κ1) is 12.2. The van der Waals surface area contributed by atoms with E-state index in [0.29, 0.717) is 0 Å². The Morgan fingerprint density at radius 3 is 2.08 bits per heavy atom. The van der Waals surface area contributed by atoms with E-state index >= 15 is 0 Å². The highest BCUT2D eigenvalue weighted by Crippen LogP contribution is 2.24. The van der Waals surface area contributed by atoms with Gasteiger partial charge in [0.25, 0.3) is 0 Å². The van der Waals surface area contributed by atoms with Gasteiger partial charge in [-0.2, -0.15) is 13.2 Å². The summed E-state index contributed by atoms with van der Waals surface area (Å²) in [6.45, 7) is 0. The third-order valence-corrected chi connectivity index (χ3v) is 3.22. The number of alkyl halides is 4. The van der Waals surface area contributed by atoms with E-state index in [1.807, 2.05) is 0 Å². The zero-order valence-electron chi connectivity index (χ0n) is 5.68. The minimum Gasteiger partial charge on any atom is -0.391 e. The summed E-state index contributed by atoms with van der Waals surface area (Å²) < 4.78 is 55.5. The fraction of sp³-hybridized carbons (Fsp3) is 1.00. The van der Waals surface area contributed by atoms with Gasteiger partial charge >= 0.3 is 5.51 Å². The molecule has 12 heavy (non-hydrogen) atoms. The van der Waals surface area contributed by atoms with Crippen LogP contribution in [-0.2, 0) is 9.84 Å². The highest BCUT2D eigenvalue weighted by molar-refractivity contribution is 9.09. The smallest absolute Gasteiger partial charge is 0.391 e. The summed E-state index contributed by atoms with van der Waals surface area (Å²) in [5, 5.41) is 8.42. The Labute approximate surface area is 75.6 Å². The third kappa shape index (κ3) is 3.28. The molecular formula is C4H6BrF3O3S. The predicted molar refractivity (Wildman–Crippen MR) is 39.6 cm³/mol. The molecule has 0 heterocycles. The van der Waals surface area contributed by atoms with E-state index in [1.165, 1.54) is 0 Å². The number of rotatable bonds is 3. The molecule has 0 aromatic rings. The van der Waals surface area contributed by atoms with Gasteiger partial charge in [-0.3, -0.25) is 0 Å². The van der Waals surface area contributed by atoms with Crippen LogP contribution >= 0.6 is 15.9 Å². The minimum absolute atomic E-state index is 0.206. The van der Waals surface area contributed by atoms with Crippen molar-refractivity contribution in [1.82, 2.24) is 0 Å². The molecule has 0 radical (unpaired) electrons. The van der Waals surface area contributed by atoms with Gasteiger partial charge in [0.2, 0.25) is 9.84 Å². The van der Waals surface area contributed by atoms with Crippen LogP contribution in [0.3, 0.4) is 0 Å². The molecule has 1 N–H and O–H groups in total. The Kier molecular flexibility index (Phi) is 3.98. The summed E-state index contributed by atoms with van der Waals surface area (Å²) >= 11 is 2.65. The molecule has 0 rings (SSSR count). The van der Waals surface area contributed by atoms with Gasteiger partial charge in [0.1, 0.15) is 0 Å². The van der Waals surface area contributed by atoms with Gasteiger partial charge in [0.05, 0.1) is 11.9 Å². The first-order valence-electron chi connectivity index (χ1n) is 2.74. The van der Waals surface area contributed by atoms with Crippen molar-refractivity contribution in [1.29, 1.82) is 0 Å². The molecule has 0 aliphatic rings. The fourth-order valence-corrected chi connectivity index (χ4v) is 1.74. The van der Waals surface area contributed by atoms with E-state index < -0.39 is 27.2 Å². The Morgan fingerprint density at radius 2 is 1.83 bits per heavy atom. The van der Waals surface area contributed by atoms with E-state index in [9.17, 15) is 21.6 Å². The zero-order chi connectivity index (χ0) is 9.99. The molecule has 0 fully saturated rings. The number of halogens is 4. The van der Waals surface area contributed by atoms with Gasteiger partial charge in [-0.15, -0.1) is 0 Å². The lowest BCUT2D eigenvalue weighted by Gasteiger charge is -2.10. The second kappa shape index (κ2) is 3.93. The average Bonchev–Trinajstić information content (AvgIpc) is 1.84. The van der Waals surface area contributed by atoms with Crippen molar-refractivity contribution < 1.29 is 26.7 Å². The van der Waals surface area contributed by atoms with Crippen LogP contribution in [0.1, 0.15) is 0 Å². The number of aliphatic hydroxyl groups excluding tert-OH is 1. The van der Waals surface area contributed by atoms with Crippen molar-refractivity contribution in [3.05, 3.63) is 0 Å². The molecule has 0 amide bonds. The average molecular weight is 271 g/mol. The molecule has 0 spiro atoms. The Morgan fingerprint density at radius 1 is 1.42 bits per heavy atom. The fourth-order valence-electron chi connectivity index (χ4n) is 0.392. The lowest BCUT2D eigenvalue weighted by Crippen LogP contribution is -2.32. The van der Waals surface area contributed by atoms with Crippen LogP contribution in [-0.4, -0.2) is 36.2 Å². The normalized spacial score (nSPS) is 16.1. The SMILES string of the molecule is O=S(=O)(CC(O)CBr)C(F)(F)F. The highest BCUT2D eigenvalue weighted by atomic mass is 79.9. The molecule has 3 nitrogen and oxygen atoms in total. The number of aliphatic hydroxyl groups is 1. The quantitative estimate of drug-likeness (QED) is 0.768. The Bertz CT molecular complexity index is 234. The maximum atomic E-state index is 11.6. The largest absolute Gasteiger partial charge is 0.497 e. The van der Waals surface area contributed by atoms with Crippen LogP contribution < -0.4 is 0 Å². The standard InChI is InChI=1S/C4H6BrF3O3S/c5-1-3(9)2-12(10,11)4(6,7)8/h3,9H,1-2H2. The molecule has 0 saturated carbocycles. The van der Waals surface area contributed by atoms with Crippen molar-refractivity contribution >= 4 is 25.8 Å². The van der Waals surface area contributed by atoms with E-state index in [-0.39, 0.29) is 5.33 Å². The summed E-state index contributed by atoms with van der Waals surface area (Å²) in [6, 6.07) is 0. The summed E-state index contributed by atoms with van der Waals surface area (Å²) in [5.74, 6) is -1.30. The van der Waals surface area contributed by atoms with E-state index in [4.69, 9.17) is 5.11 Å². The van der Waals surface area contributed by atoms with Crippen LogP contribution in [0.15, 0.2) is 0 Å². The van der Waals surface area contributed by atoms with Crippen LogP contribution in [0.2, 0.25) is 0 Å². The van der Waals surface area contributed by atoms with Gasteiger partial charge in [0.15, 0.2) is 0 Å². The van der Waals surface area contributed by atoms with Gasteiger partial charge in [0, 0.05) is 5.33 Å². The van der Waals surface area contributed by atoms with Crippen molar-refractivity contribution in [2.24, 2.45) is 0 Å². The van der Waals surface area contributed by atoms with Crippen molar-refractivity contribution in [3.63, 3.8) is 0 Å². The van der Waals surface area contributed by atoms with Gasteiger partial charge in [-0.1, -0.05) is 15.9 Å². The molecule has 0 aromatic heterocycles. The highest BCUT2D eigenvalue weighted by Gasteiger charge is 2.46. The molecule has 0 saturated heterocycles. The van der Waals surface area contributed by atoms with Gasteiger partial charge < -0.3 is 5.11 Å². The second-order valence-corrected chi connectivity index (χ2v) is 4.71. The van der Waals surface area contributed by atoms with Gasteiger partial charge in [-0.25, -0.2) is 8.42 Å². The van der Waals surface area contributed by atoms with Crippen molar-refractivity contribution in [2.75, 3.05) is 11.1 Å². The Balaban J connectivity index is 4.46. The zero-order valence-corrected chi connectivity index (χ0v) is 8.08. The Hall–Kier alpha value is 0.180. The first-order chi connectivity index (χ1) is 5.20. The van der Waals surface area contributed by atoms with Crippen LogP contribution in [0.4, 0.5) is 13.2 Å².